The largest absolute Gasteiger partial charge is 0.396 e. The number of aliphatic hydroxyl groups is 1. The summed E-state index contributed by atoms with van der Waals surface area (Å²) >= 11 is 0. The standard InChI is InChI=1S/C16H23F2NO/c1-16(2,7-9-20)11-19-8-3-4-15(19)13-10-12(17)5-6-14(13)18/h5-6,10,15,20H,3-4,7-9,11H2,1-2H3/t15-/m1/s1. The molecule has 112 valence electrons. The average Bonchev–Trinajstić information content (AvgIpc) is 2.79. The molecule has 2 nitrogen and oxygen atoms in total. The van der Waals surface area contributed by atoms with Gasteiger partial charge in [0.25, 0.3) is 0 Å². The van der Waals surface area contributed by atoms with Crippen molar-refractivity contribution in [3.05, 3.63) is 35.4 Å². The van der Waals surface area contributed by atoms with Gasteiger partial charge in [-0.3, -0.25) is 4.90 Å². The van der Waals surface area contributed by atoms with E-state index in [1.54, 1.807) is 0 Å². The minimum Gasteiger partial charge on any atom is -0.396 e. The van der Waals surface area contributed by atoms with Crippen molar-refractivity contribution in [2.75, 3.05) is 19.7 Å². The summed E-state index contributed by atoms with van der Waals surface area (Å²) in [6, 6.07) is 3.63. The van der Waals surface area contributed by atoms with Gasteiger partial charge < -0.3 is 5.11 Å². The van der Waals surface area contributed by atoms with Crippen LogP contribution in [0.4, 0.5) is 8.78 Å². The summed E-state index contributed by atoms with van der Waals surface area (Å²) in [4.78, 5) is 2.22. The lowest BCUT2D eigenvalue weighted by molar-refractivity contribution is 0.130. The second kappa shape index (κ2) is 6.19. The van der Waals surface area contributed by atoms with E-state index in [9.17, 15) is 8.78 Å². The molecule has 1 aromatic rings. The molecule has 20 heavy (non-hydrogen) atoms. The topological polar surface area (TPSA) is 23.5 Å². The van der Waals surface area contributed by atoms with Crippen molar-refractivity contribution in [2.24, 2.45) is 5.41 Å². The van der Waals surface area contributed by atoms with Crippen molar-refractivity contribution in [3.63, 3.8) is 0 Å². The molecule has 0 unspecified atom stereocenters. The van der Waals surface area contributed by atoms with E-state index >= 15 is 0 Å². The molecule has 0 saturated carbocycles. The highest BCUT2D eigenvalue weighted by molar-refractivity contribution is 5.23. The predicted octanol–water partition coefficient (Wildman–Crippen LogP) is 3.51. The third-order valence-electron chi connectivity index (χ3n) is 4.10. The van der Waals surface area contributed by atoms with Crippen molar-refractivity contribution in [1.29, 1.82) is 0 Å². The maximum absolute atomic E-state index is 13.9. The molecule has 1 saturated heterocycles. The van der Waals surface area contributed by atoms with Gasteiger partial charge in [-0.25, -0.2) is 8.78 Å². The second-order valence-electron chi connectivity index (χ2n) is 6.43. The van der Waals surface area contributed by atoms with E-state index in [0.717, 1.165) is 32.0 Å². The maximum Gasteiger partial charge on any atom is 0.128 e. The van der Waals surface area contributed by atoms with Crippen LogP contribution in [0.15, 0.2) is 18.2 Å². The number of hydrogen-bond acceptors (Lipinski definition) is 2. The van der Waals surface area contributed by atoms with Crippen LogP contribution in [0.25, 0.3) is 0 Å². The first-order chi connectivity index (χ1) is 9.43. The lowest BCUT2D eigenvalue weighted by Gasteiger charge is -2.33. The molecule has 1 N–H and O–H groups in total. The lowest BCUT2D eigenvalue weighted by atomic mass is 9.88. The van der Waals surface area contributed by atoms with E-state index in [0.29, 0.717) is 12.0 Å². The zero-order valence-electron chi connectivity index (χ0n) is 12.2. The zero-order valence-corrected chi connectivity index (χ0v) is 12.2. The minimum atomic E-state index is -0.386. The van der Waals surface area contributed by atoms with Crippen molar-refractivity contribution < 1.29 is 13.9 Å². The minimum absolute atomic E-state index is 0.0266. The van der Waals surface area contributed by atoms with E-state index < -0.39 is 0 Å². The molecule has 0 amide bonds. The van der Waals surface area contributed by atoms with Gasteiger partial charge in [-0.1, -0.05) is 13.8 Å². The Labute approximate surface area is 119 Å². The van der Waals surface area contributed by atoms with Gasteiger partial charge in [-0.05, 0) is 49.4 Å². The van der Waals surface area contributed by atoms with Crippen LogP contribution in [0.1, 0.15) is 44.7 Å². The van der Waals surface area contributed by atoms with E-state index in [4.69, 9.17) is 5.11 Å². The Morgan fingerprint density at radius 2 is 2.10 bits per heavy atom. The Hall–Kier alpha value is -1.00. The van der Waals surface area contributed by atoms with Crippen molar-refractivity contribution in [1.82, 2.24) is 4.90 Å². The number of rotatable bonds is 5. The van der Waals surface area contributed by atoms with Crippen LogP contribution < -0.4 is 0 Å². The van der Waals surface area contributed by atoms with Crippen LogP contribution in [0.2, 0.25) is 0 Å². The van der Waals surface area contributed by atoms with Crippen LogP contribution in [0.3, 0.4) is 0 Å². The summed E-state index contributed by atoms with van der Waals surface area (Å²) in [7, 11) is 0. The SMILES string of the molecule is CC(C)(CCO)CN1CCC[C@@H]1c1cc(F)ccc1F. The molecule has 1 aliphatic rings. The van der Waals surface area contributed by atoms with Crippen LogP contribution in [-0.4, -0.2) is 29.7 Å². The Morgan fingerprint density at radius 3 is 2.80 bits per heavy atom. The van der Waals surface area contributed by atoms with Gasteiger partial charge in [0.1, 0.15) is 11.6 Å². The molecule has 1 atom stereocenters. The van der Waals surface area contributed by atoms with Crippen LogP contribution in [0.5, 0.6) is 0 Å². The molecule has 2 rings (SSSR count). The number of halogens is 2. The quantitative estimate of drug-likeness (QED) is 0.894. The summed E-state index contributed by atoms with van der Waals surface area (Å²) < 4.78 is 27.3. The fourth-order valence-electron chi connectivity index (χ4n) is 3.07. The third kappa shape index (κ3) is 3.55. The van der Waals surface area contributed by atoms with Crippen molar-refractivity contribution >= 4 is 0 Å². The van der Waals surface area contributed by atoms with Crippen LogP contribution >= 0.6 is 0 Å². The Morgan fingerprint density at radius 1 is 1.35 bits per heavy atom. The van der Waals surface area contributed by atoms with Gasteiger partial charge in [-0.15, -0.1) is 0 Å². The molecule has 0 aromatic heterocycles. The number of benzene rings is 1. The van der Waals surface area contributed by atoms with Crippen molar-refractivity contribution in [2.45, 2.75) is 39.2 Å². The van der Waals surface area contributed by atoms with Gasteiger partial charge in [0, 0.05) is 24.8 Å². The fourth-order valence-corrected chi connectivity index (χ4v) is 3.07. The number of likely N-dealkylation sites (tertiary alicyclic amines) is 1. The molecule has 0 spiro atoms. The van der Waals surface area contributed by atoms with Gasteiger partial charge in [0.2, 0.25) is 0 Å². The van der Waals surface area contributed by atoms with Gasteiger partial charge in [-0.2, -0.15) is 0 Å². The average molecular weight is 283 g/mol. The number of aliphatic hydroxyl groups excluding tert-OH is 1. The molecule has 1 fully saturated rings. The third-order valence-corrected chi connectivity index (χ3v) is 4.10. The second-order valence-corrected chi connectivity index (χ2v) is 6.43. The predicted molar refractivity (Wildman–Crippen MR) is 75.4 cm³/mol. The van der Waals surface area contributed by atoms with E-state index in [-0.39, 0.29) is 29.7 Å². The first-order valence-electron chi connectivity index (χ1n) is 7.23. The molecular weight excluding hydrogens is 260 g/mol. The molecule has 0 bridgehead atoms. The molecule has 1 aliphatic heterocycles. The normalized spacial score (nSPS) is 20.6. The maximum atomic E-state index is 13.9. The summed E-state index contributed by atoms with van der Waals surface area (Å²) in [5.41, 5.74) is 0.434. The number of nitrogens with zero attached hydrogens (tertiary/aromatic N) is 1. The van der Waals surface area contributed by atoms with Gasteiger partial charge in [0.05, 0.1) is 0 Å². The molecule has 4 heteroatoms. The van der Waals surface area contributed by atoms with Crippen LogP contribution in [0, 0.1) is 17.0 Å². The molecule has 1 aromatic carbocycles. The number of hydrogen-bond donors (Lipinski definition) is 1. The molecule has 1 heterocycles. The van der Waals surface area contributed by atoms with Crippen LogP contribution in [-0.2, 0) is 0 Å². The lowest BCUT2D eigenvalue weighted by Crippen LogP contribution is -2.34. The fraction of sp³-hybridized carbons (Fsp3) is 0.625. The van der Waals surface area contributed by atoms with Crippen molar-refractivity contribution in [3.8, 4) is 0 Å². The zero-order chi connectivity index (χ0) is 14.8. The summed E-state index contributed by atoms with van der Waals surface area (Å²) in [6.07, 6.45) is 2.56. The van der Waals surface area contributed by atoms with Gasteiger partial charge in [0.15, 0.2) is 0 Å². The van der Waals surface area contributed by atoms with E-state index in [2.05, 4.69) is 18.7 Å². The van der Waals surface area contributed by atoms with E-state index in [1.807, 2.05) is 0 Å². The molecule has 0 radical (unpaired) electrons. The monoisotopic (exact) mass is 283 g/mol. The highest BCUT2D eigenvalue weighted by Gasteiger charge is 2.32. The highest BCUT2D eigenvalue weighted by Crippen LogP contribution is 2.36. The van der Waals surface area contributed by atoms with E-state index in [1.165, 1.54) is 12.1 Å². The Kier molecular flexibility index (Phi) is 4.76. The summed E-state index contributed by atoms with van der Waals surface area (Å²) in [5.74, 6) is -0.717. The summed E-state index contributed by atoms with van der Waals surface area (Å²) in [5, 5.41) is 9.11. The highest BCUT2D eigenvalue weighted by atomic mass is 19.1. The first-order valence-corrected chi connectivity index (χ1v) is 7.23. The first kappa shape index (κ1) is 15.4. The molecular formula is C16H23F2NO. The molecule has 0 aliphatic carbocycles. The Balaban J connectivity index is 2.17. The smallest absolute Gasteiger partial charge is 0.128 e. The summed E-state index contributed by atoms with van der Waals surface area (Å²) in [6.45, 7) is 6.03. The van der Waals surface area contributed by atoms with Gasteiger partial charge >= 0.3 is 0 Å². The Bertz CT molecular complexity index is 462.